The monoisotopic (exact) mass is 280 g/mol. The molecule has 0 aromatic heterocycles. The lowest BCUT2D eigenvalue weighted by Crippen LogP contribution is -2.12. The Morgan fingerprint density at radius 1 is 1.40 bits per heavy atom. The second kappa shape index (κ2) is 6.14. The molecular formula is C13H16N2O5. The van der Waals surface area contributed by atoms with Gasteiger partial charge < -0.3 is 10.4 Å². The number of anilines is 1. The van der Waals surface area contributed by atoms with Crippen molar-refractivity contribution in [1.29, 1.82) is 0 Å². The van der Waals surface area contributed by atoms with Crippen LogP contribution in [0.25, 0.3) is 0 Å². The van der Waals surface area contributed by atoms with E-state index >= 15 is 0 Å². The number of benzene rings is 1. The summed E-state index contributed by atoms with van der Waals surface area (Å²) in [6, 6.07) is 0.988. The first-order valence-electron chi connectivity index (χ1n) is 6.11. The Morgan fingerprint density at radius 2 is 2.00 bits per heavy atom. The van der Waals surface area contributed by atoms with E-state index in [0.717, 1.165) is 6.07 Å². The second-order valence-corrected chi connectivity index (χ2v) is 4.39. The summed E-state index contributed by atoms with van der Waals surface area (Å²) in [4.78, 5) is 33.1. The molecule has 0 atom stereocenters. The number of carbonyl (C=O) groups is 2. The van der Waals surface area contributed by atoms with Crippen LogP contribution in [0.2, 0.25) is 0 Å². The first-order chi connectivity index (χ1) is 9.29. The minimum absolute atomic E-state index is 0.0492. The van der Waals surface area contributed by atoms with E-state index < -0.39 is 22.3 Å². The molecule has 0 saturated carbocycles. The molecule has 0 radical (unpaired) electrons. The van der Waals surface area contributed by atoms with Crippen molar-refractivity contribution in [3.8, 4) is 5.75 Å². The third-order valence-electron chi connectivity index (χ3n) is 2.76. The molecule has 108 valence electrons. The lowest BCUT2D eigenvalue weighted by atomic mass is 9.98. The topological polar surface area (TPSA) is 110 Å². The summed E-state index contributed by atoms with van der Waals surface area (Å²) >= 11 is 0. The van der Waals surface area contributed by atoms with Gasteiger partial charge in [-0.15, -0.1) is 0 Å². The van der Waals surface area contributed by atoms with Crippen LogP contribution < -0.4 is 5.32 Å². The van der Waals surface area contributed by atoms with Gasteiger partial charge in [0.1, 0.15) is 11.4 Å². The van der Waals surface area contributed by atoms with Gasteiger partial charge in [0.25, 0.3) is 5.69 Å². The lowest BCUT2D eigenvalue weighted by molar-refractivity contribution is -0.384. The normalized spacial score (nSPS) is 10.2. The lowest BCUT2D eigenvalue weighted by Gasteiger charge is -2.14. The van der Waals surface area contributed by atoms with Gasteiger partial charge in [-0.05, 0) is 13.3 Å². The largest absolute Gasteiger partial charge is 0.507 e. The van der Waals surface area contributed by atoms with E-state index in [1.807, 2.05) is 6.92 Å². The molecule has 0 spiro atoms. The minimum atomic E-state index is -0.684. The smallest absolute Gasteiger partial charge is 0.294 e. The number of aromatic hydroxyl groups is 1. The van der Waals surface area contributed by atoms with E-state index in [9.17, 15) is 24.8 Å². The number of phenolic OH excluding ortho intramolecular Hbond substituents is 1. The van der Waals surface area contributed by atoms with Gasteiger partial charge >= 0.3 is 0 Å². The number of nitrogens with one attached hydrogen (secondary N) is 1. The number of nitrogens with zero attached hydrogens (tertiary/aromatic N) is 1. The molecule has 0 heterocycles. The standard InChI is InChI=1S/C13H16N2O5/c1-4-5-9-12(14-8(3)17)11(15(19)20)6-10(7(2)16)13(9)18/h6,18H,4-5H2,1-3H3,(H,14,17). The molecule has 7 nitrogen and oxygen atoms in total. The summed E-state index contributed by atoms with van der Waals surface area (Å²) < 4.78 is 0. The fourth-order valence-corrected chi connectivity index (χ4v) is 1.93. The average molecular weight is 280 g/mol. The molecule has 1 aromatic carbocycles. The van der Waals surface area contributed by atoms with Crippen LogP contribution in [-0.4, -0.2) is 21.7 Å². The highest BCUT2D eigenvalue weighted by Gasteiger charge is 2.26. The first-order valence-corrected chi connectivity index (χ1v) is 6.11. The van der Waals surface area contributed by atoms with Crippen molar-refractivity contribution in [3.63, 3.8) is 0 Å². The molecule has 20 heavy (non-hydrogen) atoms. The average Bonchev–Trinajstić information content (AvgIpc) is 2.32. The van der Waals surface area contributed by atoms with Gasteiger partial charge in [-0.25, -0.2) is 0 Å². The molecular weight excluding hydrogens is 264 g/mol. The van der Waals surface area contributed by atoms with Crippen LogP contribution in [0.15, 0.2) is 6.07 Å². The number of ketones is 1. The summed E-state index contributed by atoms with van der Waals surface area (Å²) in [6.07, 6.45) is 0.905. The number of phenols is 1. The van der Waals surface area contributed by atoms with Gasteiger partial charge in [-0.2, -0.15) is 0 Å². The SMILES string of the molecule is CCCc1c(O)c(C(C)=O)cc([N+](=O)[O-])c1NC(C)=O. The number of Topliss-reactive ketones (excluding diaryl/α,β-unsaturated/α-hetero) is 1. The Morgan fingerprint density at radius 3 is 2.40 bits per heavy atom. The number of carbonyl (C=O) groups excluding carboxylic acids is 2. The maximum absolute atomic E-state index is 11.5. The molecule has 1 amide bonds. The number of amides is 1. The summed E-state index contributed by atoms with van der Waals surface area (Å²) in [6.45, 7) is 4.26. The molecule has 1 rings (SSSR count). The summed E-state index contributed by atoms with van der Waals surface area (Å²) in [5.74, 6) is -1.27. The Kier molecular flexibility index (Phi) is 4.79. The van der Waals surface area contributed by atoms with Crippen molar-refractivity contribution in [3.05, 3.63) is 27.3 Å². The van der Waals surface area contributed by atoms with Gasteiger partial charge in [-0.1, -0.05) is 13.3 Å². The van der Waals surface area contributed by atoms with Crippen molar-refractivity contribution in [1.82, 2.24) is 0 Å². The van der Waals surface area contributed by atoms with Crippen molar-refractivity contribution in [2.45, 2.75) is 33.6 Å². The molecule has 2 N–H and O–H groups in total. The Labute approximate surface area is 115 Å². The molecule has 0 aliphatic heterocycles. The number of nitro benzene ring substituents is 1. The Bertz CT molecular complexity index is 581. The number of hydrogen-bond donors (Lipinski definition) is 2. The summed E-state index contributed by atoms with van der Waals surface area (Å²) in [5.41, 5.74) is -0.352. The molecule has 0 saturated heterocycles. The van der Waals surface area contributed by atoms with Crippen LogP contribution in [0.4, 0.5) is 11.4 Å². The Balaban J connectivity index is 3.67. The molecule has 0 bridgehead atoms. The van der Waals surface area contributed by atoms with Crippen molar-refractivity contribution in [2.75, 3.05) is 5.32 Å². The van der Waals surface area contributed by atoms with E-state index in [0.29, 0.717) is 12.8 Å². The third kappa shape index (κ3) is 3.11. The van der Waals surface area contributed by atoms with E-state index in [4.69, 9.17) is 0 Å². The molecule has 0 aliphatic carbocycles. The fraction of sp³-hybridized carbons (Fsp3) is 0.385. The highest BCUT2D eigenvalue weighted by molar-refractivity contribution is 6.01. The zero-order valence-corrected chi connectivity index (χ0v) is 11.5. The van der Waals surface area contributed by atoms with Crippen molar-refractivity contribution < 1.29 is 19.6 Å². The molecule has 7 heteroatoms. The van der Waals surface area contributed by atoms with Crippen LogP contribution in [-0.2, 0) is 11.2 Å². The van der Waals surface area contributed by atoms with E-state index in [-0.39, 0.29) is 22.6 Å². The van der Waals surface area contributed by atoms with Crippen LogP contribution in [0.1, 0.15) is 43.1 Å². The predicted molar refractivity (Wildman–Crippen MR) is 73.1 cm³/mol. The maximum atomic E-state index is 11.5. The van der Waals surface area contributed by atoms with Crippen LogP contribution in [0.3, 0.4) is 0 Å². The van der Waals surface area contributed by atoms with Crippen molar-refractivity contribution in [2.24, 2.45) is 0 Å². The number of rotatable bonds is 5. The second-order valence-electron chi connectivity index (χ2n) is 4.39. The number of hydrogen-bond acceptors (Lipinski definition) is 5. The van der Waals surface area contributed by atoms with Gasteiger partial charge in [0, 0.05) is 18.6 Å². The van der Waals surface area contributed by atoms with Crippen LogP contribution in [0.5, 0.6) is 5.75 Å². The molecule has 0 aliphatic rings. The van der Waals surface area contributed by atoms with Gasteiger partial charge in [0.05, 0.1) is 10.5 Å². The van der Waals surface area contributed by atoms with Gasteiger partial charge in [0.15, 0.2) is 5.78 Å². The maximum Gasteiger partial charge on any atom is 0.294 e. The molecule has 0 fully saturated rings. The van der Waals surface area contributed by atoms with Crippen LogP contribution in [0, 0.1) is 10.1 Å². The van der Waals surface area contributed by atoms with E-state index in [1.165, 1.54) is 13.8 Å². The fourth-order valence-electron chi connectivity index (χ4n) is 1.93. The van der Waals surface area contributed by atoms with E-state index in [1.54, 1.807) is 0 Å². The summed E-state index contributed by atoms with van der Waals surface area (Å²) in [7, 11) is 0. The zero-order valence-electron chi connectivity index (χ0n) is 11.5. The van der Waals surface area contributed by atoms with Crippen molar-refractivity contribution >= 4 is 23.1 Å². The third-order valence-corrected chi connectivity index (χ3v) is 2.76. The van der Waals surface area contributed by atoms with Gasteiger partial charge in [0.2, 0.25) is 5.91 Å². The highest BCUT2D eigenvalue weighted by Crippen LogP contribution is 2.38. The molecule has 0 unspecified atom stereocenters. The van der Waals surface area contributed by atoms with Gasteiger partial charge in [-0.3, -0.25) is 19.7 Å². The highest BCUT2D eigenvalue weighted by atomic mass is 16.6. The first kappa shape index (κ1) is 15.6. The minimum Gasteiger partial charge on any atom is -0.507 e. The predicted octanol–water partition coefficient (Wildman–Crippen LogP) is 2.41. The number of nitro groups is 1. The quantitative estimate of drug-likeness (QED) is 0.489. The van der Waals surface area contributed by atoms with E-state index in [2.05, 4.69) is 5.32 Å². The molecule has 1 aromatic rings. The van der Waals surface area contributed by atoms with Crippen LogP contribution >= 0.6 is 0 Å². The summed E-state index contributed by atoms with van der Waals surface area (Å²) in [5, 5.41) is 23.6. The Hall–Kier alpha value is -2.44. The zero-order chi connectivity index (χ0) is 15.4.